The number of rotatable bonds is 5. The number of nitrogens with zero attached hydrogens (tertiary/aromatic N) is 2. The summed E-state index contributed by atoms with van der Waals surface area (Å²) in [6, 6.07) is 13.3. The van der Waals surface area contributed by atoms with E-state index in [1.165, 1.54) is 31.2 Å². The van der Waals surface area contributed by atoms with Crippen molar-refractivity contribution in [2.45, 2.75) is 18.9 Å². The Kier molecular flexibility index (Phi) is 5.48. The first-order chi connectivity index (χ1) is 13.1. The van der Waals surface area contributed by atoms with Crippen molar-refractivity contribution in [1.82, 2.24) is 9.78 Å². The maximum Gasteiger partial charge on any atom is 0.435 e. The molecule has 1 atom stereocenters. The highest BCUT2D eigenvalue weighted by molar-refractivity contribution is 7.78. The van der Waals surface area contributed by atoms with Gasteiger partial charge in [-0.2, -0.15) is 18.3 Å². The van der Waals surface area contributed by atoms with Crippen molar-refractivity contribution in [2.24, 2.45) is 0 Å². The number of aromatic nitrogens is 2. The van der Waals surface area contributed by atoms with Gasteiger partial charge in [0.2, 0.25) is 0 Å². The summed E-state index contributed by atoms with van der Waals surface area (Å²) in [6.07, 6.45) is -4.62. The molecule has 0 radical (unpaired) electrons. The van der Waals surface area contributed by atoms with Gasteiger partial charge in [-0.05, 0) is 42.8 Å². The molecule has 5 nitrogen and oxygen atoms in total. The van der Waals surface area contributed by atoms with Gasteiger partial charge >= 0.3 is 6.18 Å². The Hall–Kier alpha value is -2.78. The molecule has 0 fully saturated rings. The number of hydrogen-bond donors (Lipinski definition) is 1. The van der Waals surface area contributed by atoms with E-state index < -0.39 is 23.0 Å². The maximum absolute atomic E-state index is 13.2. The lowest BCUT2D eigenvalue weighted by Gasteiger charge is -2.09. The predicted octanol–water partition coefficient (Wildman–Crippen LogP) is 4.48. The lowest BCUT2D eigenvalue weighted by atomic mass is 10.1. The largest absolute Gasteiger partial charge is 0.435 e. The van der Waals surface area contributed by atoms with Gasteiger partial charge in [0.1, 0.15) is 0 Å². The van der Waals surface area contributed by atoms with E-state index in [0.29, 0.717) is 22.4 Å². The van der Waals surface area contributed by atoms with Crippen LogP contribution in [0.2, 0.25) is 0 Å². The van der Waals surface area contributed by atoms with Gasteiger partial charge in [-0.3, -0.25) is 4.79 Å². The van der Waals surface area contributed by atoms with Gasteiger partial charge in [0.25, 0.3) is 0 Å². The second-order valence-electron chi connectivity index (χ2n) is 6.09. The van der Waals surface area contributed by atoms with Crippen LogP contribution in [0.25, 0.3) is 16.9 Å². The Morgan fingerprint density at radius 3 is 2.21 bits per heavy atom. The van der Waals surface area contributed by atoms with E-state index in [-0.39, 0.29) is 17.2 Å². The van der Waals surface area contributed by atoms with Crippen molar-refractivity contribution >= 4 is 16.9 Å². The molecule has 0 bridgehead atoms. The highest BCUT2D eigenvalue weighted by atomic mass is 32.2. The van der Waals surface area contributed by atoms with Gasteiger partial charge in [0, 0.05) is 11.1 Å². The van der Waals surface area contributed by atoms with E-state index in [4.69, 9.17) is 4.55 Å². The normalized spacial score (nSPS) is 12.8. The van der Waals surface area contributed by atoms with Crippen molar-refractivity contribution in [3.05, 3.63) is 71.4 Å². The van der Waals surface area contributed by atoms with Gasteiger partial charge in [0.15, 0.2) is 22.6 Å². The number of ketones is 1. The molecule has 1 unspecified atom stereocenters. The van der Waals surface area contributed by atoms with E-state index in [1.54, 1.807) is 24.3 Å². The van der Waals surface area contributed by atoms with Crippen LogP contribution in [0.1, 0.15) is 28.5 Å². The zero-order chi connectivity index (χ0) is 20.5. The van der Waals surface area contributed by atoms with Crippen molar-refractivity contribution in [3.63, 3.8) is 0 Å². The molecule has 0 saturated heterocycles. The summed E-state index contributed by atoms with van der Waals surface area (Å²) >= 11 is -2.01. The molecule has 1 aromatic heterocycles. The van der Waals surface area contributed by atoms with Crippen molar-refractivity contribution in [3.8, 4) is 16.9 Å². The number of benzene rings is 2. The van der Waals surface area contributed by atoms with Crippen molar-refractivity contribution in [2.75, 3.05) is 0 Å². The second-order valence-corrected chi connectivity index (χ2v) is 7.02. The first-order valence-electron chi connectivity index (χ1n) is 8.10. The van der Waals surface area contributed by atoms with Crippen LogP contribution in [-0.2, 0) is 23.0 Å². The van der Waals surface area contributed by atoms with Gasteiger partial charge in [-0.1, -0.05) is 24.3 Å². The Morgan fingerprint density at radius 1 is 1.11 bits per heavy atom. The fraction of sp³-hybridized carbons (Fsp3) is 0.158. The van der Waals surface area contributed by atoms with Crippen LogP contribution in [0.5, 0.6) is 0 Å². The summed E-state index contributed by atoms with van der Waals surface area (Å²) in [5.74, 6) is -0.222. The van der Waals surface area contributed by atoms with Gasteiger partial charge in [-0.25, -0.2) is 8.89 Å². The van der Waals surface area contributed by atoms with Crippen LogP contribution in [-0.4, -0.2) is 24.3 Å². The molecule has 2 aromatic carbocycles. The average Bonchev–Trinajstić information content (AvgIpc) is 3.07. The predicted molar refractivity (Wildman–Crippen MR) is 98.5 cm³/mol. The molecule has 9 heteroatoms. The lowest BCUT2D eigenvalue weighted by Crippen LogP contribution is -2.07. The number of alkyl halides is 3. The van der Waals surface area contributed by atoms with E-state index in [9.17, 15) is 22.2 Å². The third kappa shape index (κ3) is 4.37. The molecule has 3 aromatic rings. The number of carbonyl (C=O) groups excluding carboxylic acids is 1. The summed E-state index contributed by atoms with van der Waals surface area (Å²) in [7, 11) is 0. The van der Waals surface area contributed by atoms with E-state index in [0.717, 1.165) is 10.7 Å². The molecule has 28 heavy (non-hydrogen) atoms. The number of hydrogen-bond acceptors (Lipinski definition) is 3. The SMILES string of the molecule is CC(=O)c1ccc(-n2nc(C(F)(F)F)cc2-c2ccc(CS(=O)O)cc2)cc1. The molecule has 1 heterocycles. The maximum atomic E-state index is 13.2. The monoisotopic (exact) mass is 408 g/mol. The Morgan fingerprint density at radius 2 is 1.71 bits per heavy atom. The Bertz CT molecular complexity index is 1030. The quantitative estimate of drug-likeness (QED) is 0.499. The molecule has 146 valence electrons. The molecule has 0 aliphatic carbocycles. The highest BCUT2D eigenvalue weighted by Gasteiger charge is 2.35. The zero-order valence-corrected chi connectivity index (χ0v) is 15.4. The van der Waals surface area contributed by atoms with Crippen molar-refractivity contribution in [1.29, 1.82) is 0 Å². The molecule has 0 aliphatic heterocycles. The molecule has 3 rings (SSSR count). The fourth-order valence-corrected chi connectivity index (χ4v) is 3.15. The molecule has 0 spiro atoms. The van der Waals surface area contributed by atoms with Gasteiger partial charge < -0.3 is 4.55 Å². The van der Waals surface area contributed by atoms with Crippen LogP contribution < -0.4 is 0 Å². The fourth-order valence-electron chi connectivity index (χ4n) is 2.67. The first kappa shape index (κ1) is 20.0. The van der Waals surface area contributed by atoms with E-state index >= 15 is 0 Å². The zero-order valence-electron chi connectivity index (χ0n) is 14.6. The third-order valence-electron chi connectivity index (χ3n) is 4.06. The standard InChI is InChI=1S/C19H15F3N2O3S/c1-12(25)14-6-8-16(9-7-14)24-17(10-18(23-24)19(20,21)22)15-4-2-13(3-5-15)11-28(26)27/h2-10H,11H2,1H3,(H,26,27). The summed E-state index contributed by atoms with van der Waals surface area (Å²) in [5, 5.41) is 3.69. The highest BCUT2D eigenvalue weighted by Crippen LogP contribution is 2.33. The molecule has 0 aliphatic rings. The van der Waals surface area contributed by atoms with Crippen LogP contribution in [0, 0.1) is 0 Å². The van der Waals surface area contributed by atoms with Crippen LogP contribution >= 0.6 is 0 Å². The lowest BCUT2D eigenvalue weighted by molar-refractivity contribution is -0.141. The number of halogens is 3. The molecular weight excluding hydrogens is 393 g/mol. The minimum absolute atomic E-state index is 0.0696. The Labute approximate surface area is 161 Å². The van der Waals surface area contributed by atoms with Crippen LogP contribution in [0.4, 0.5) is 13.2 Å². The van der Waals surface area contributed by atoms with Crippen molar-refractivity contribution < 1.29 is 26.7 Å². The van der Waals surface area contributed by atoms with Crippen LogP contribution in [0.15, 0.2) is 54.6 Å². The Balaban J connectivity index is 2.08. The molecule has 1 N–H and O–H groups in total. The number of Topliss-reactive ketones (excluding diaryl/α,β-unsaturated/α-hetero) is 1. The second kappa shape index (κ2) is 7.69. The summed E-state index contributed by atoms with van der Waals surface area (Å²) < 4.78 is 60.6. The van der Waals surface area contributed by atoms with E-state index in [2.05, 4.69) is 5.10 Å². The average molecular weight is 408 g/mol. The minimum atomic E-state index is -4.62. The number of carbonyl (C=O) groups is 1. The summed E-state index contributed by atoms with van der Waals surface area (Å²) in [5.41, 5.74) is 1.02. The van der Waals surface area contributed by atoms with Gasteiger partial charge in [0.05, 0.1) is 17.1 Å². The van der Waals surface area contributed by atoms with Gasteiger partial charge in [-0.15, -0.1) is 0 Å². The minimum Gasteiger partial charge on any atom is -0.306 e. The third-order valence-corrected chi connectivity index (χ3v) is 4.64. The molecule has 0 saturated carbocycles. The summed E-state index contributed by atoms with van der Waals surface area (Å²) in [6.45, 7) is 1.40. The molecular formula is C19H15F3N2O3S. The van der Waals surface area contributed by atoms with E-state index in [1.807, 2.05) is 0 Å². The summed E-state index contributed by atoms with van der Waals surface area (Å²) in [4.78, 5) is 11.4. The van der Waals surface area contributed by atoms with Crippen LogP contribution in [0.3, 0.4) is 0 Å². The smallest absolute Gasteiger partial charge is 0.306 e. The first-order valence-corrected chi connectivity index (χ1v) is 9.38. The molecule has 0 amide bonds. The topological polar surface area (TPSA) is 72.2 Å².